The minimum Gasteiger partial charge on any atom is -0.480 e. The molecule has 0 radical (unpaired) electrons. The molecule has 1 amide bonds. The summed E-state index contributed by atoms with van der Waals surface area (Å²) in [6, 6.07) is 23.3. The highest BCUT2D eigenvalue weighted by atomic mass is 32.2. The van der Waals surface area contributed by atoms with E-state index < -0.39 is 12.0 Å². The van der Waals surface area contributed by atoms with Gasteiger partial charge in [0.05, 0.1) is 0 Å². The van der Waals surface area contributed by atoms with Gasteiger partial charge in [-0.15, -0.1) is 0 Å². The number of hydrogen-bond acceptors (Lipinski definition) is 4. The van der Waals surface area contributed by atoms with Gasteiger partial charge in [-0.3, -0.25) is 4.79 Å². The SMILES string of the molecule is CSCC[C@H](NC(=O)c1ccc(CN(C)CCc2ccccc2)cc1-c1ccccc1C)C(=O)O. The molecule has 0 aliphatic carbocycles. The van der Waals surface area contributed by atoms with Crippen LogP contribution < -0.4 is 5.32 Å². The standard InChI is InChI=1S/C29H34N2O3S/c1-21-9-7-8-12-24(21)26-19-23(20-31(2)17-15-22-10-5-4-6-11-22)13-14-25(26)28(32)30-27(29(33)34)16-18-35-3/h4-14,19,27H,15-18,20H2,1-3H3,(H,30,32)(H,33,34)/t27-/m0/s1. The number of amides is 1. The molecular formula is C29H34N2O3S. The summed E-state index contributed by atoms with van der Waals surface area (Å²) in [5, 5.41) is 12.3. The van der Waals surface area contributed by atoms with E-state index in [1.165, 1.54) is 5.56 Å². The Bertz CT molecular complexity index is 1130. The summed E-state index contributed by atoms with van der Waals surface area (Å²) in [7, 11) is 2.10. The van der Waals surface area contributed by atoms with Gasteiger partial charge in [-0.05, 0) is 78.8 Å². The van der Waals surface area contributed by atoms with E-state index >= 15 is 0 Å². The van der Waals surface area contributed by atoms with Gasteiger partial charge in [0.25, 0.3) is 5.91 Å². The maximum Gasteiger partial charge on any atom is 0.326 e. The number of hydrogen-bond donors (Lipinski definition) is 2. The maximum absolute atomic E-state index is 13.2. The Kier molecular flexibility index (Phi) is 9.94. The van der Waals surface area contributed by atoms with Crippen LogP contribution in [0.3, 0.4) is 0 Å². The second-order valence-electron chi connectivity index (χ2n) is 8.81. The Hall–Kier alpha value is -3.09. The number of benzene rings is 3. The Morgan fingerprint density at radius 3 is 2.37 bits per heavy atom. The fourth-order valence-electron chi connectivity index (χ4n) is 4.07. The molecule has 0 bridgehead atoms. The van der Waals surface area contributed by atoms with Crippen molar-refractivity contribution in [2.45, 2.75) is 32.4 Å². The van der Waals surface area contributed by atoms with E-state index in [0.717, 1.165) is 41.8 Å². The van der Waals surface area contributed by atoms with Gasteiger partial charge < -0.3 is 15.3 Å². The number of likely N-dealkylation sites (N-methyl/N-ethyl adjacent to an activating group) is 1. The fraction of sp³-hybridized carbons (Fsp3) is 0.310. The number of carbonyl (C=O) groups excluding carboxylic acids is 1. The summed E-state index contributed by atoms with van der Waals surface area (Å²) in [5.74, 6) is -0.710. The molecule has 0 spiro atoms. The fourth-order valence-corrected chi connectivity index (χ4v) is 4.54. The number of nitrogens with zero attached hydrogens (tertiary/aromatic N) is 1. The van der Waals surface area contributed by atoms with Crippen LogP contribution in [0.1, 0.15) is 33.5 Å². The van der Waals surface area contributed by atoms with Gasteiger partial charge in [-0.2, -0.15) is 11.8 Å². The van der Waals surface area contributed by atoms with Crippen molar-refractivity contribution in [1.29, 1.82) is 0 Å². The smallest absolute Gasteiger partial charge is 0.326 e. The number of carboxylic acids is 1. The highest BCUT2D eigenvalue weighted by Gasteiger charge is 2.22. The third-order valence-electron chi connectivity index (χ3n) is 6.06. The molecule has 6 heteroatoms. The Morgan fingerprint density at radius 2 is 1.69 bits per heavy atom. The number of aliphatic carboxylic acids is 1. The number of aryl methyl sites for hydroxylation is 1. The van der Waals surface area contributed by atoms with Crippen molar-refractivity contribution in [1.82, 2.24) is 10.2 Å². The van der Waals surface area contributed by atoms with Crippen LogP contribution in [0.5, 0.6) is 0 Å². The second-order valence-corrected chi connectivity index (χ2v) is 9.80. The van der Waals surface area contributed by atoms with E-state index in [0.29, 0.717) is 17.7 Å². The number of carboxylic acid groups (broad SMARTS) is 1. The first-order valence-electron chi connectivity index (χ1n) is 11.8. The minimum absolute atomic E-state index is 0.360. The van der Waals surface area contributed by atoms with Crippen LogP contribution in [0.15, 0.2) is 72.8 Å². The molecule has 0 fully saturated rings. The van der Waals surface area contributed by atoms with E-state index in [1.54, 1.807) is 11.8 Å². The third-order valence-corrected chi connectivity index (χ3v) is 6.70. The van der Waals surface area contributed by atoms with Crippen molar-refractivity contribution in [2.24, 2.45) is 0 Å². The molecule has 184 valence electrons. The molecule has 2 N–H and O–H groups in total. The lowest BCUT2D eigenvalue weighted by molar-refractivity contribution is -0.139. The van der Waals surface area contributed by atoms with Gasteiger partial charge in [-0.1, -0.05) is 60.7 Å². The molecule has 35 heavy (non-hydrogen) atoms. The van der Waals surface area contributed by atoms with Gasteiger partial charge in [0.1, 0.15) is 6.04 Å². The van der Waals surface area contributed by atoms with E-state index in [4.69, 9.17) is 0 Å². The Morgan fingerprint density at radius 1 is 0.971 bits per heavy atom. The summed E-state index contributed by atoms with van der Waals surface area (Å²) in [6.45, 7) is 3.69. The summed E-state index contributed by atoms with van der Waals surface area (Å²) < 4.78 is 0. The molecule has 1 atom stereocenters. The average Bonchev–Trinajstić information content (AvgIpc) is 2.86. The molecule has 0 heterocycles. The highest BCUT2D eigenvalue weighted by Crippen LogP contribution is 2.29. The number of nitrogens with one attached hydrogen (secondary N) is 1. The molecule has 5 nitrogen and oxygen atoms in total. The van der Waals surface area contributed by atoms with Crippen LogP contribution >= 0.6 is 11.8 Å². The number of thioether (sulfide) groups is 1. The van der Waals surface area contributed by atoms with Gasteiger partial charge in [-0.25, -0.2) is 4.79 Å². The largest absolute Gasteiger partial charge is 0.480 e. The number of carbonyl (C=O) groups is 2. The van der Waals surface area contributed by atoms with Gasteiger partial charge in [0, 0.05) is 18.7 Å². The first kappa shape index (κ1) is 26.5. The zero-order valence-electron chi connectivity index (χ0n) is 20.7. The molecular weight excluding hydrogens is 456 g/mol. The van der Waals surface area contributed by atoms with Gasteiger partial charge in [0.2, 0.25) is 0 Å². The summed E-state index contributed by atoms with van der Waals surface area (Å²) in [5.41, 5.74) is 5.76. The van der Waals surface area contributed by atoms with Crippen LogP contribution in [0.4, 0.5) is 0 Å². The molecule has 0 unspecified atom stereocenters. The Balaban J connectivity index is 1.84. The maximum atomic E-state index is 13.2. The van der Waals surface area contributed by atoms with E-state index in [2.05, 4.69) is 47.6 Å². The zero-order valence-corrected chi connectivity index (χ0v) is 21.5. The molecule has 0 saturated carbocycles. The molecule has 0 saturated heterocycles. The van der Waals surface area contributed by atoms with Gasteiger partial charge >= 0.3 is 5.97 Å². The van der Waals surface area contributed by atoms with E-state index in [9.17, 15) is 14.7 Å². The van der Waals surface area contributed by atoms with Crippen LogP contribution in [0.2, 0.25) is 0 Å². The normalized spacial score (nSPS) is 11.9. The molecule has 3 aromatic carbocycles. The van der Waals surface area contributed by atoms with Crippen molar-refractivity contribution in [3.05, 3.63) is 95.1 Å². The van der Waals surface area contributed by atoms with Crippen LogP contribution in [-0.4, -0.2) is 53.5 Å². The predicted octanol–water partition coefficient (Wildman–Crippen LogP) is 5.27. The van der Waals surface area contributed by atoms with Crippen LogP contribution in [0, 0.1) is 6.92 Å². The molecule has 3 aromatic rings. The lowest BCUT2D eigenvalue weighted by atomic mass is 9.93. The first-order valence-corrected chi connectivity index (χ1v) is 13.2. The van der Waals surface area contributed by atoms with E-state index in [1.807, 2.05) is 55.6 Å². The van der Waals surface area contributed by atoms with Crippen molar-refractivity contribution in [2.75, 3.05) is 25.6 Å². The van der Waals surface area contributed by atoms with Gasteiger partial charge in [0.15, 0.2) is 0 Å². The molecule has 3 rings (SSSR count). The number of rotatable bonds is 12. The van der Waals surface area contributed by atoms with E-state index in [-0.39, 0.29) is 5.91 Å². The average molecular weight is 491 g/mol. The minimum atomic E-state index is -1.01. The van der Waals surface area contributed by atoms with Crippen molar-refractivity contribution < 1.29 is 14.7 Å². The van der Waals surface area contributed by atoms with Crippen molar-refractivity contribution in [3.8, 4) is 11.1 Å². The zero-order chi connectivity index (χ0) is 25.2. The van der Waals surface area contributed by atoms with Crippen molar-refractivity contribution in [3.63, 3.8) is 0 Å². The topological polar surface area (TPSA) is 69.6 Å². The lowest BCUT2D eigenvalue weighted by Gasteiger charge is -2.20. The quantitative estimate of drug-likeness (QED) is 0.362. The lowest BCUT2D eigenvalue weighted by Crippen LogP contribution is -2.41. The predicted molar refractivity (Wildman–Crippen MR) is 145 cm³/mol. The molecule has 0 aliphatic rings. The summed E-state index contributed by atoms with van der Waals surface area (Å²) in [4.78, 5) is 27.2. The van der Waals surface area contributed by atoms with Crippen LogP contribution in [0.25, 0.3) is 11.1 Å². The van der Waals surface area contributed by atoms with Crippen molar-refractivity contribution >= 4 is 23.6 Å². The molecule has 0 aromatic heterocycles. The second kappa shape index (κ2) is 13.1. The highest BCUT2D eigenvalue weighted by molar-refractivity contribution is 7.98. The van der Waals surface area contributed by atoms with Crippen LogP contribution in [-0.2, 0) is 17.8 Å². The third kappa shape index (κ3) is 7.70. The monoisotopic (exact) mass is 490 g/mol. The first-order chi connectivity index (χ1) is 16.9. The summed E-state index contributed by atoms with van der Waals surface area (Å²) >= 11 is 1.56. The Labute approximate surface area is 212 Å². The summed E-state index contributed by atoms with van der Waals surface area (Å²) in [6.07, 6.45) is 3.27. The molecule has 0 aliphatic heterocycles.